The van der Waals surface area contributed by atoms with E-state index in [1.165, 1.54) is 16.2 Å². The molecule has 1 aromatic heterocycles. The molecule has 3 aliphatic rings. The molecule has 0 spiro atoms. The van der Waals surface area contributed by atoms with Crippen LogP contribution < -0.4 is 10.6 Å². The molecular weight excluding hydrogens is 400 g/mol. The lowest BCUT2D eigenvalue weighted by atomic mass is 9.76. The van der Waals surface area contributed by atoms with Gasteiger partial charge in [-0.05, 0) is 70.3 Å². The zero-order chi connectivity index (χ0) is 21.6. The van der Waals surface area contributed by atoms with Crippen molar-refractivity contribution in [3.8, 4) is 0 Å². The summed E-state index contributed by atoms with van der Waals surface area (Å²) in [6, 6.07) is 0.240. The van der Waals surface area contributed by atoms with Gasteiger partial charge in [-0.25, -0.2) is 0 Å². The topological polar surface area (TPSA) is 95.5 Å². The van der Waals surface area contributed by atoms with Crippen LogP contribution in [0.5, 0.6) is 0 Å². The summed E-state index contributed by atoms with van der Waals surface area (Å²) in [5.41, 5.74) is 3.81. The van der Waals surface area contributed by atoms with Crippen molar-refractivity contribution in [2.75, 3.05) is 5.32 Å². The molecule has 4 rings (SSSR count). The largest absolute Gasteiger partial charge is 0.481 e. The van der Waals surface area contributed by atoms with Gasteiger partial charge in [-0.2, -0.15) is 0 Å². The Kier molecular flexibility index (Phi) is 5.75. The zero-order valence-corrected chi connectivity index (χ0v) is 18.7. The number of carbonyl (C=O) groups excluding carboxylic acids is 2. The monoisotopic (exact) mass is 430 g/mol. The summed E-state index contributed by atoms with van der Waals surface area (Å²) in [5, 5.41) is 16.3. The van der Waals surface area contributed by atoms with Crippen LogP contribution in [-0.4, -0.2) is 28.9 Å². The predicted octanol–water partition coefficient (Wildman–Crippen LogP) is 4.15. The second-order valence-electron chi connectivity index (χ2n) is 9.31. The minimum atomic E-state index is -0.937. The van der Waals surface area contributed by atoms with E-state index in [2.05, 4.69) is 17.6 Å². The van der Waals surface area contributed by atoms with E-state index >= 15 is 0 Å². The lowest BCUT2D eigenvalue weighted by molar-refractivity contribution is -0.146. The molecule has 162 valence electrons. The van der Waals surface area contributed by atoms with Crippen LogP contribution in [0.25, 0.3) is 0 Å². The van der Waals surface area contributed by atoms with E-state index in [9.17, 15) is 19.5 Å². The quantitative estimate of drug-likeness (QED) is 0.612. The third-order valence-corrected chi connectivity index (χ3v) is 7.98. The fourth-order valence-electron chi connectivity index (χ4n) is 4.60. The van der Waals surface area contributed by atoms with Crippen molar-refractivity contribution in [2.24, 2.45) is 17.8 Å². The first kappa shape index (κ1) is 21.1. The lowest BCUT2D eigenvalue weighted by Crippen LogP contribution is -2.37. The van der Waals surface area contributed by atoms with Gasteiger partial charge >= 0.3 is 5.97 Å². The highest BCUT2D eigenvalue weighted by molar-refractivity contribution is 7.17. The molecule has 3 N–H and O–H groups in total. The number of hydrogen-bond acceptors (Lipinski definition) is 4. The number of carboxylic acids is 1. The fraction of sp³-hybridized carbons (Fsp3) is 0.609. The summed E-state index contributed by atoms with van der Waals surface area (Å²) in [7, 11) is 0. The molecule has 3 atom stereocenters. The van der Waals surface area contributed by atoms with Crippen molar-refractivity contribution in [3.05, 3.63) is 27.2 Å². The highest BCUT2D eigenvalue weighted by Crippen LogP contribution is 2.41. The van der Waals surface area contributed by atoms with Gasteiger partial charge in [0.25, 0.3) is 5.91 Å². The molecule has 7 heteroatoms. The van der Waals surface area contributed by atoms with Gasteiger partial charge in [-0.3, -0.25) is 14.4 Å². The Morgan fingerprint density at radius 1 is 1.00 bits per heavy atom. The van der Waals surface area contributed by atoms with E-state index in [1.807, 2.05) is 13.8 Å². The van der Waals surface area contributed by atoms with Crippen LogP contribution in [0.4, 0.5) is 5.00 Å². The van der Waals surface area contributed by atoms with Crippen LogP contribution in [0.1, 0.15) is 73.7 Å². The number of amides is 2. The molecule has 3 aliphatic carbocycles. The van der Waals surface area contributed by atoms with E-state index in [1.54, 1.807) is 0 Å². The van der Waals surface area contributed by atoms with Crippen LogP contribution in [-0.2, 0) is 22.4 Å². The first-order chi connectivity index (χ1) is 14.2. The smallest absolute Gasteiger partial charge is 0.307 e. The van der Waals surface area contributed by atoms with Crippen molar-refractivity contribution in [2.45, 2.75) is 71.8 Å². The molecule has 1 aromatic rings. The molecule has 1 fully saturated rings. The minimum Gasteiger partial charge on any atom is -0.481 e. The fourth-order valence-corrected chi connectivity index (χ4v) is 6.01. The molecule has 30 heavy (non-hydrogen) atoms. The Morgan fingerprint density at radius 3 is 2.30 bits per heavy atom. The molecule has 1 heterocycles. The van der Waals surface area contributed by atoms with Gasteiger partial charge in [-0.1, -0.05) is 18.1 Å². The van der Waals surface area contributed by atoms with Gasteiger partial charge in [0.1, 0.15) is 5.00 Å². The number of fused-ring (bicyclic) bond motifs is 1. The van der Waals surface area contributed by atoms with Gasteiger partial charge in [0.15, 0.2) is 0 Å². The number of anilines is 1. The van der Waals surface area contributed by atoms with Gasteiger partial charge in [0.2, 0.25) is 5.91 Å². The van der Waals surface area contributed by atoms with Crippen LogP contribution in [0, 0.1) is 17.8 Å². The van der Waals surface area contributed by atoms with E-state index in [4.69, 9.17) is 0 Å². The maximum absolute atomic E-state index is 13.2. The number of carbonyl (C=O) groups is 3. The molecule has 0 bridgehead atoms. The number of thiophene rings is 1. The molecular formula is C23H30N2O4S. The highest BCUT2D eigenvalue weighted by atomic mass is 32.1. The van der Waals surface area contributed by atoms with Gasteiger partial charge in [-0.15, -0.1) is 11.3 Å². The van der Waals surface area contributed by atoms with E-state index in [-0.39, 0.29) is 17.9 Å². The van der Waals surface area contributed by atoms with Crippen LogP contribution >= 0.6 is 11.3 Å². The summed E-state index contributed by atoms with van der Waals surface area (Å²) in [4.78, 5) is 39.2. The summed E-state index contributed by atoms with van der Waals surface area (Å²) >= 11 is 1.49. The third-order valence-electron chi connectivity index (χ3n) is 6.81. The van der Waals surface area contributed by atoms with E-state index in [0.717, 1.165) is 48.8 Å². The van der Waals surface area contributed by atoms with Gasteiger partial charge in [0, 0.05) is 10.9 Å². The molecule has 0 aromatic carbocycles. The Balaban J connectivity index is 1.62. The number of nitrogens with one attached hydrogen (secondary N) is 2. The maximum Gasteiger partial charge on any atom is 0.307 e. The summed E-state index contributed by atoms with van der Waals surface area (Å²) in [5.74, 6) is -2.13. The molecule has 0 radical (unpaired) electrons. The Hall–Kier alpha value is -2.15. The molecule has 1 saturated carbocycles. The average Bonchev–Trinajstić information content (AvgIpc) is 3.42. The number of aliphatic carboxylic acids is 1. The molecule has 0 unspecified atom stereocenters. The first-order valence-electron chi connectivity index (χ1n) is 10.9. The van der Waals surface area contributed by atoms with Crippen molar-refractivity contribution in [3.63, 3.8) is 0 Å². The number of allylic oxidation sites excluding steroid dienone is 2. The number of rotatable bonds is 5. The molecule has 2 amide bonds. The molecule has 0 saturated heterocycles. The summed E-state index contributed by atoms with van der Waals surface area (Å²) < 4.78 is 0. The zero-order valence-electron chi connectivity index (χ0n) is 17.8. The highest BCUT2D eigenvalue weighted by Gasteiger charge is 2.38. The Morgan fingerprint density at radius 2 is 1.67 bits per heavy atom. The number of carboxylic acid groups (broad SMARTS) is 1. The summed E-state index contributed by atoms with van der Waals surface area (Å²) in [6.45, 7) is 6.11. The SMILES string of the molecule is CC1=C(C)C[C@H](C(=O)Nc2sc3c(c2C(=O)NC2CC2)CC[C@@H](C)C3)[C@@H](C(=O)O)C1. The Bertz CT molecular complexity index is 928. The first-order valence-corrected chi connectivity index (χ1v) is 11.7. The molecule has 0 aliphatic heterocycles. The maximum atomic E-state index is 13.2. The van der Waals surface area contributed by atoms with Gasteiger partial charge in [0.05, 0.1) is 17.4 Å². The van der Waals surface area contributed by atoms with E-state index in [0.29, 0.717) is 29.3 Å². The second-order valence-corrected chi connectivity index (χ2v) is 10.4. The average molecular weight is 431 g/mol. The Labute approximate surface area is 181 Å². The van der Waals surface area contributed by atoms with Crippen molar-refractivity contribution in [1.82, 2.24) is 5.32 Å². The van der Waals surface area contributed by atoms with Crippen molar-refractivity contribution in [1.29, 1.82) is 0 Å². The standard InChI is InChI=1S/C23H30N2O4S/c1-11-4-7-15-18(8-11)30-22(19(15)21(27)24-14-5-6-14)25-20(26)16-9-12(2)13(3)10-17(16)23(28)29/h11,14,16-17H,4-10H2,1-3H3,(H,24,27)(H,25,26)(H,28,29)/t11-,16+,17+/m1/s1. The second kappa shape index (κ2) is 8.17. The molecule has 6 nitrogen and oxygen atoms in total. The summed E-state index contributed by atoms with van der Waals surface area (Å²) in [6.07, 6.45) is 5.65. The van der Waals surface area contributed by atoms with Crippen molar-refractivity contribution >= 4 is 34.1 Å². The number of hydrogen-bond donors (Lipinski definition) is 3. The van der Waals surface area contributed by atoms with Crippen LogP contribution in [0.2, 0.25) is 0 Å². The predicted molar refractivity (Wildman–Crippen MR) is 117 cm³/mol. The lowest BCUT2D eigenvalue weighted by Gasteiger charge is -2.29. The van der Waals surface area contributed by atoms with Crippen LogP contribution in [0.3, 0.4) is 0 Å². The minimum absolute atomic E-state index is 0.106. The third kappa shape index (κ3) is 4.17. The van der Waals surface area contributed by atoms with Crippen molar-refractivity contribution < 1.29 is 19.5 Å². The van der Waals surface area contributed by atoms with E-state index < -0.39 is 17.8 Å². The normalized spacial score (nSPS) is 26.2. The van der Waals surface area contributed by atoms with Gasteiger partial charge < -0.3 is 15.7 Å². The van der Waals surface area contributed by atoms with Crippen LogP contribution in [0.15, 0.2) is 11.1 Å².